The van der Waals surface area contributed by atoms with Crippen molar-refractivity contribution in [2.45, 2.75) is 0 Å². The Bertz CT molecular complexity index is 186. The van der Waals surface area contributed by atoms with Crippen LogP contribution in [0.15, 0.2) is 60.7 Å². The zero-order valence-electron chi connectivity index (χ0n) is 7.68. The van der Waals surface area contributed by atoms with Gasteiger partial charge in [0.1, 0.15) is 0 Å². The summed E-state index contributed by atoms with van der Waals surface area (Å²) in [5.74, 6) is 0. The molecule has 0 aliphatic rings. The third kappa shape index (κ3) is 9.67. The Morgan fingerprint density at radius 1 is 0.500 bits per heavy atom. The molecule has 0 saturated carbocycles. The van der Waals surface area contributed by atoms with E-state index in [1.807, 2.05) is 60.7 Å². The van der Waals surface area contributed by atoms with Crippen LogP contribution in [0, 0.1) is 12.1 Å². The maximum atomic E-state index is 2.89. The van der Waals surface area contributed by atoms with Crippen LogP contribution in [-0.4, -0.2) is 23.9 Å². The van der Waals surface area contributed by atoms with Gasteiger partial charge in [0.05, 0.1) is 0 Å². The molecule has 0 aromatic heterocycles. The molecule has 0 atom stereocenters. The van der Waals surface area contributed by atoms with Crippen molar-refractivity contribution in [1.29, 1.82) is 0 Å². The second-order valence-electron chi connectivity index (χ2n) is 2.15. The molecule has 0 fully saturated rings. The van der Waals surface area contributed by atoms with Gasteiger partial charge in [-0.1, -0.05) is 60.7 Å². The molecule has 2 aromatic carbocycles. The van der Waals surface area contributed by atoms with Crippen molar-refractivity contribution >= 4 is 37.4 Å². The van der Waals surface area contributed by atoms with Gasteiger partial charge >= 0.3 is 23.9 Å². The predicted molar refractivity (Wildman–Crippen MR) is 63.7 cm³/mol. The summed E-state index contributed by atoms with van der Waals surface area (Å²) >= 11 is 0. The number of rotatable bonds is 0. The Morgan fingerprint density at radius 3 is 0.857 bits per heavy atom. The van der Waals surface area contributed by atoms with E-state index in [1.54, 1.807) is 0 Å². The molecule has 0 nitrogen and oxygen atoms in total. The Hall–Kier alpha value is -0.411. The van der Waals surface area contributed by atoms with Gasteiger partial charge in [-0.05, 0) is 12.1 Å². The summed E-state index contributed by atoms with van der Waals surface area (Å²) < 4.78 is 0. The van der Waals surface area contributed by atoms with Crippen LogP contribution in [-0.2, 0) is 13.5 Å². The van der Waals surface area contributed by atoms with Crippen molar-refractivity contribution in [2.24, 2.45) is 0 Å². The molecule has 2 aromatic rings. The zero-order valence-corrected chi connectivity index (χ0v) is 11.4. The Labute approximate surface area is 110 Å². The largest absolute Gasteiger partial charge is 2.00 e. The molecule has 4 radical (unpaired) electrons. The molecule has 0 aliphatic heterocycles. The second kappa shape index (κ2) is 12.6. The zero-order chi connectivity index (χ0) is 8.49. The van der Waals surface area contributed by atoms with Gasteiger partial charge in [0.25, 0.3) is 0 Å². The molecule has 68 valence electrons. The van der Waals surface area contributed by atoms with Crippen LogP contribution in [0.4, 0.5) is 0 Å². The molecule has 14 heavy (non-hydrogen) atoms. The van der Waals surface area contributed by atoms with E-state index in [0.29, 0.717) is 0 Å². The fourth-order valence-electron chi connectivity index (χ4n) is 0.684. The van der Waals surface area contributed by atoms with Crippen molar-refractivity contribution in [2.75, 3.05) is 0 Å². The summed E-state index contributed by atoms with van der Waals surface area (Å²) in [6, 6.07) is 25.0. The molecule has 0 heterocycles. The van der Waals surface area contributed by atoms with E-state index in [-0.39, 0.29) is 37.4 Å². The summed E-state index contributed by atoms with van der Waals surface area (Å²) in [6.07, 6.45) is 0. The third-order valence-electron chi connectivity index (χ3n) is 1.21. The Kier molecular flexibility index (Phi) is 14.4. The van der Waals surface area contributed by atoms with Gasteiger partial charge in [-0.15, -0.1) is 0 Å². The first-order valence-corrected chi connectivity index (χ1v) is 3.82. The van der Waals surface area contributed by atoms with E-state index in [1.165, 1.54) is 0 Å². The Morgan fingerprint density at radius 2 is 0.786 bits per heavy atom. The molecule has 0 aliphatic carbocycles. The molecule has 0 amide bonds. The Balaban J connectivity index is 0. The molecule has 2 heteroatoms. The van der Waals surface area contributed by atoms with Crippen LogP contribution in [0.25, 0.3) is 0 Å². The van der Waals surface area contributed by atoms with Gasteiger partial charge in [0.2, 0.25) is 0 Å². The molecule has 0 N–H and O–H groups in total. The normalized spacial score (nSPS) is 6.86. The van der Waals surface area contributed by atoms with Crippen molar-refractivity contribution in [3.8, 4) is 0 Å². The first kappa shape index (κ1) is 16.0. The monoisotopic (exact) mass is 306 g/mol. The van der Waals surface area contributed by atoms with E-state index in [4.69, 9.17) is 0 Å². The number of benzene rings is 2. The van der Waals surface area contributed by atoms with Crippen LogP contribution in [0.5, 0.6) is 0 Å². The summed E-state index contributed by atoms with van der Waals surface area (Å²) in [7, 11) is 0. The van der Waals surface area contributed by atoms with Gasteiger partial charge in [0.15, 0.2) is 0 Å². The topological polar surface area (TPSA) is 0 Å². The van der Waals surface area contributed by atoms with Crippen molar-refractivity contribution < 1.29 is 0 Å². The molecule has 0 unspecified atom stereocenters. The van der Waals surface area contributed by atoms with Crippen molar-refractivity contribution in [3.05, 3.63) is 72.8 Å². The molecular formula is C12H10SSn. The fraction of sp³-hybridized carbons (Fsp3) is 0. The number of hydrogen-bond acceptors (Lipinski definition) is 0. The minimum Gasteiger partial charge on any atom is -2.00 e. The minimum absolute atomic E-state index is 0. The van der Waals surface area contributed by atoms with Crippen molar-refractivity contribution in [3.63, 3.8) is 0 Å². The van der Waals surface area contributed by atoms with Crippen LogP contribution >= 0.6 is 0 Å². The second-order valence-corrected chi connectivity index (χ2v) is 2.15. The smallest absolute Gasteiger partial charge is 2.00 e. The predicted octanol–water partition coefficient (Wildman–Crippen LogP) is 2.59. The summed E-state index contributed by atoms with van der Waals surface area (Å²) in [4.78, 5) is 0. The standard InChI is InChI=1S/2C6H5.S.Sn/c2*1-2-4-6-5-3-1;;/h2*1-5H;;/q;;-2;+2. The molecular weight excluding hydrogens is 295 g/mol. The van der Waals surface area contributed by atoms with Gasteiger partial charge in [-0.3, -0.25) is 0 Å². The quantitative estimate of drug-likeness (QED) is 0.656. The van der Waals surface area contributed by atoms with Gasteiger partial charge < -0.3 is 13.5 Å². The van der Waals surface area contributed by atoms with Crippen LogP contribution in [0.3, 0.4) is 0 Å². The molecule has 0 saturated heterocycles. The van der Waals surface area contributed by atoms with Crippen LogP contribution in [0.1, 0.15) is 0 Å². The number of hydrogen-bond donors (Lipinski definition) is 0. The average Bonchev–Trinajstić information content (AvgIpc) is 2.24. The van der Waals surface area contributed by atoms with Crippen LogP contribution in [0.2, 0.25) is 0 Å². The minimum atomic E-state index is 0. The first-order chi connectivity index (χ1) is 6.00. The SMILES string of the molecule is [S-2].[Sn+2].[c]1ccccc1.[c]1ccccc1. The summed E-state index contributed by atoms with van der Waals surface area (Å²) in [6.45, 7) is 0. The fourth-order valence-corrected chi connectivity index (χ4v) is 0.684. The van der Waals surface area contributed by atoms with Crippen LogP contribution < -0.4 is 0 Å². The summed E-state index contributed by atoms with van der Waals surface area (Å²) in [5, 5.41) is 0. The van der Waals surface area contributed by atoms with Gasteiger partial charge in [-0.2, -0.15) is 0 Å². The molecule has 2 rings (SSSR count). The summed E-state index contributed by atoms with van der Waals surface area (Å²) in [5.41, 5.74) is 0. The molecule has 0 bridgehead atoms. The average molecular weight is 305 g/mol. The maximum Gasteiger partial charge on any atom is 2.00 e. The van der Waals surface area contributed by atoms with Gasteiger partial charge in [-0.25, -0.2) is 0 Å². The van der Waals surface area contributed by atoms with E-state index in [0.717, 1.165) is 0 Å². The maximum absolute atomic E-state index is 2.89. The van der Waals surface area contributed by atoms with E-state index in [2.05, 4.69) is 12.1 Å². The first-order valence-electron chi connectivity index (χ1n) is 3.82. The van der Waals surface area contributed by atoms with Gasteiger partial charge in [0, 0.05) is 0 Å². The molecule has 0 spiro atoms. The van der Waals surface area contributed by atoms with E-state index < -0.39 is 0 Å². The van der Waals surface area contributed by atoms with E-state index in [9.17, 15) is 0 Å². The van der Waals surface area contributed by atoms with E-state index >= 15 is 0 Å². The van der Waals surface area contributed by atoms with Crippen molar-refractivity contribution in [1.82, 2.24) is 0 Å². The third-order valence-corrected chi connectivity index (χ3v) is 1.21.